The third kappa shape index (κ3) is 3.31. The lowest BCUT2D eigenvalue weighted by atomic mass is 9.83. The van der Waals surface area contributed by atoms with E-state index in [1.165, 1.54) is 11.1 Å². The van der Waals surface area contributed by atoms with Crippen molar-refractivity contribution in [1.82, 2.24) is 0 Å². The lowest BCUT2D eigenvalue weighted by Gasteiger charge is -2.21. The first kappa shape index (κ1) is 17.8. The Morgan fingerprint density at radius 3 is 2.06 bits per heavy atom. The van der Waals surface area contributed by atoms with Gasteiger partial charge in [0.1, 0.15) is 11.2 Å². The van der Waals surface area contributed by atoms with Crippen LogP contribution in [0.1, 0.15) is 61.0 Å². The number of hydrogen-bond acceptors (Lipinski definition) is 1. The highest BCUT2D eigenvalue weighted by molar-refractivity contribution is 6.23. The van der Waals surface area contributed by atoms with Gasteiger partial charge < -0.3 is 4.42 Å². The van der Waals surface area contributed by atoms with Gasteiger partial charge in [-0.15, -0.1) is 0 Å². The Labute approximate surface area is 187 Å². The van der Waals surface area contributed by atoms with Gasteiger partial charge in [-0.05, 0) is 57.5 Å². The molecule has 0 unspecified atom stereocenters. The minimum absolute atomic E-state index is 0.0250. The number of furan rings is 1. The maximum absolute atomic E-state index is 8.71. The zero-order valence-corrected chi connectivity index (χ0v) is 19.6. The molecule has 0 atom stereocenters. The summed E-state index contributed by atoms with van der Waals surface area (Å²) >= 11 is 0. The highest BCUT2D eigenvalue weighted by atomic mass is 16.3. The minimum atomic E-state index is -1.43. The summed E-state index contributed by atoms with van der Waals surface area (Å²) in [6.07, 6.45) is -1.43. The van der Waals surface area contributed by atoms with Gasteiger partial charge in [-0.25, -0.2) is 0 Å². The average molecular weight is 411 g/mol. The maximum Gasteiger partial charge on any atom is 0.143 e. The van der Waals surface area contributed by atoms with Crippen molar-refractivity contribution in [3.63, 3.8) is 0 Å². The molecule has 0 spiro atoms. The number of fused-ring (bicyclic) bond motifs is 7. The number of benzene rings is 4. The van der Waals surface area contributed by atoms with E-state index < -0.39 is 11.8 Å². The highest BCUT2D eigenvalue weighted by Crippen LogP contribution is 2.42. The second-order valence-corrected chi connectivity index (χ2v) is 10.9. The van der Waals surface area contributed by atoms with Crippen LogP contribution in [-0.2, 0) is 11.8 Å². The Bertz CT molecular complexity index is 1560. The van der Waals surface area contributed by atoms with Crippen LogP contribution in [0.2, 0.25) is 0 Å². The SMILES string of the molecule is [2H]C([2H])(c1ccc2c(ccc3ccc4c5ccc(C)c(C(C)(C)C)c5oc4c32)c1)C(C)(C)C. The fraction of sp³-hybridized carbons (Fsp3) is 0.333. The molecule has 0 N–H and O–H groups in total. The van der Waals surface area contributed by atoms with E-state index in [0.717, 1.165) is 43.5 Å². The second kappa shape index (κ2) is 6.60. The molecular weight excluding hydrogens is 376 g/mol. The van der Waals surface area contributed by atoms with Crippen LogP contribution in [0.15, 0.2) is 59.0 Å². The smallest absolute Gasteiger partial charge is 0.143 e. The summed E-state index contributed by atoms with van der Waals surface area (Å²) < 4.78 is 24.1. The van der Waals surface area contributed by atoms with E-state index in [-0.39, 0.29) is 5.41 Å². The zero-order chi connectivity index (χ0) is 23.9. The molecule has 0 amide bonds. The fourth-order valence-corrected chi connectivity index (χ4v) is 4.98. The predicted molar refractivity (Wildman–Crippen MR) is 135 cm³/mol. The molecule has 5 aromatic rings. The topological polar surface area (TPSA) is 13.1 Å². The van der Waals surface area contributed by atoms with Gasteiger partial charge in [0.15, 0.2) is 0 Å². The first-order chi connectivity index (χ1) is 15.3. The van der Waals surface area contributed by atoms with Crippen molar-refractivity contribution in [2.45, 2.75) is 60.3 Å². The van der Waals surface area contributed by atoms with Crippen LogP contribution in [0.3, 0.4) is 0 Å². The van der Waals surface area contributed by atoms with Crippen molar-refractivity contribution in [3.05, 3.63) is 71.3 Å². The lowest BCUT2D eigenvalue weighted by molar-refractivity contribution is 0.411. The van der Waals surface area contributed by atoms with Gasteiger partial charge in [0.05, 0.1) is 0 Å². The van der Waals surface area contributed by atoms with Crippen LogP contribution in [0.25, 0.3) is 43.5 Å². The van der Waals surface area contributed by atoms with Gasteiger partial charge in [0.2, 0.25) is 0 Å². The van der Waals surface area contributed by atoms with Crippen LogP contribution in [-0.4, -0.2) is 0 Å². The van der Waals surface area contributed by atoms with Crippen LogP contribution in [0.5, 0.6) is 0 Å². The fourth-order valence-electron chi connectivity index (χ4n) is 4.98. The van der Waals surface area contributed by atoms with Crippen molar-refractivity contribution in [2.24, 2.45) is 5.41 Å². The molecule has 0 saturated heterocycles. The highest BCUT2D eigenvalue weighted by Gasteiger charge is 2.24. The molecule has 0 bridgehead atoms. The minimum Gasteiger partial charge on any atom is -0.455 e. The lowest BCUT2D eigenvalue weighted by Crippen LogP contribution is -2.13. The van der Waals surface area contributed by atoms with Crippen LogP contribution >= 0.6 is 0 Å². The van der Waals surface area contributed by atoms with E-state index in [9.17, 15) is 0 Å². The van der Waals surface area contributed by atoms with Crippen LogP contribution in [0, 0.1) is 12.3 Å². The molecule has 0 fully saturated rings. The normalized spacial score (nSPS) is 14.5. The number of hydrogen-bond donors (Lipinski definition) is 0. The van der Waals surface area contributed by atoms with Crippen LogP contribution in [0.4, 0.5) is 0 Å². The molecule has 1 nitrogen and oxygen atoms in total. The van der Waals surface area contributed by atoms with E-state index in [1.54, 1.807) is 0 Å². The molecule has 4 aromatic carbocycles. The van der Waals surface area contributed by atoms with E-state index in [2.05, 4.69) is 70.2 Å². The zero-order valence-electron chi connectivity index (χ0n) is 21.6. The van der Waals surface area contributed by atoms with Gasteiger partial charge in [-0.2, -0.15) is 0 Å². The Balaban J connectivity index is 1.88. The van der Waals surface area contributed by atoms with Crippen LogP contribution < -0.4 is 0 Å². The van der Waals surface area contributed by atoms with Crippen molar-refractivity contribution < 1.29 is 7.16 Å². The molecule has 0 radical (unpaired) electrons. The second-order valence-electron chi connectivity index (χ2n) is 10.9. The molecular formula is C30H32O. The van der Waals surface area contributed by atoms with Crippen molar-refractivity contribution in [3.8, 4) is 0 Å². The summed E-state index contributed by atoms with van der Waals surface area (Å²) in [5, 5.41) is 6.65. The molecule has 0 saturated carbocycles. The standard InChI is InChI=1S/C30H32O/c1-18-8-13-24-23-15-12-20-10-11-21-16-19(17-29(2,3)4)9-14-22(21)25(20)27(23)31-28(24)26(18)30(5,6)7/h8-16H,17H2,1-7H3/i17D2. The Morgan fingerprint density at radius 1 is 0.742 bits per heavy atom. The van der Waals surface area contributed by atoms with Crippen molar-refractivity contribution in [2.75, 3.05) is 0 Å². The molecule has 1 heterocycles. The summed E-state index contributed by atoms with van der Waals surface area (Å²) in [5.41, 5.74) is 4.58. The third-order valence-electron chi connectivity index (χ3n) is 6.08. The molecule has 5 rings (SSSR count). The number of aryl methyl sites for hydroxylation is 1. The first-order valence-electron chi connectivity index (χ1n) is 12.1. The maximum atomic E-state index is 8.71. The summed E-state index contributed by atoms with van der Waals surface area (Å²) in [7, 11) is 0. The average Bonchev–Trinajstić information content (AvgIpc) is 3.09. The molecule has 1 heteroatoms. The molecule has 158 valence electrons. The Morgan fingerprint density at radius 2 is 1.35 bits per heavy atom. The van der Waals surface area contributed by atoms with E-state index >= 15 is 0 Å². The summed E-state index contributed by atoms with van der Waals surface area (Å²) in [6, 6.07) is 19.0. The molecule has 1 aromatic heterocycles. The van der Waals surface area contributed by atoms with E-state index in [1.807, 2.05) is 32.9 Å². The third-order valence-corrected chi connectivity index (χ3v) is 6.08. The Hall–Kier alpha value is -2.80. The largest absolute Gasteiger partial charge is 0.455 e. The Kier molecular flexibility index (Phi) is 3.80. The predicted octanol–water partition coefficient (Wildman–Crippen LogP) is 9.09. The van der Waals surface area contributed by atoms with Gasteiger partial charge in [0, 0.05) is 24.5 Å². The van der Waals surface area contributed by atoms with Crippen molar-refractivity contribution >= 4 is 43.5 Å². The summed E-state index contributed by atoms with van der Waals surface area (Å²) in [4.78, 5) is 0. The number of rotatable bonds is 1. The summed E-state index contributed by atoms with van der Waals surface area (Å²) in [5.74, 6) is 0. The monoisotopic (exact) mass is 410 g/mol. The van der Waals surface area contributed by atoms with Gasteiger partial charge in [-0.1, -0.05) is 90.1 Å². The quantitative estimate of drug-likeness (QED) is 0.251. The van der Waals surface area contributed by atoms with Gasteiger partial charge in [-0.3, -0.25) is 0 Å². The molecule has 0 aliphatic carbocycles. The van der Waals surface area contributed by atoms with Crippen molar-refractivity contribution in [1.29, 1.82) is 0 Å². The summed E-state index contributed by atoms with van der Waals surface area (Å²) in [6.45, 7) is 14.7. The molecule has 31 heavy (non-hydrogen) atoms. The van der Waals surface area contributed by atoms with Gasteiger partial charge >= 0.3 is 0 Å². The molecule has 0 aliphatic rings. The van der Waals surface area contributed by atoms with E-state index in [0.29, 0.717) is 5.56 Å². The first-order valence-corrected chi connectivity index (χ1v) is 11.1. The van der Waals surface area contributed by atoms with E-state index in [4.69, 9.17) is 7.16 Å². The molecule has 0 aliphatic heterocycles. The van der Waals surface area contributed by atoms with Gasteiger partial charge in [0.25, 0.3) is 0 Å².